The number of carbonyl (C=O) groups is 2. The number of pyridine rings is 1. The molecule has 0 saturated carbocycles. The minimum atomic E-state index is -0.0365. The van der Waals surface area contributed by atoms with Crippen LogP contribution in [0.4, 0.5) is 5.13 Å². The maximum Gasteiger partial charge on any atom is 0.223 e. The van der Waals surface area contributed by atoms with Crippen LogP contribution in [-0.4, -0.2) is 52.7 Å². The Labute approximate surface area is 171 Å². The fraction of sp³-hybridized carbons (Fsp3) is 0.300. The summed E-state index contributed by atoms with van der Waals surface area (Å²) >= 11 is 7.41. The molecule has 1 aromatic carbocycles. The van der Waals surface area contributed by atoms with Crippen molar-refractivity contribution in [1.82, 2.24) is 14.9 Å². The monoisotopic (exact) mass is 414 g/mol. The molecule has 3 heterocycles. The molecule has 0 unspecified atom stereocenters. The number of thiazole rings is 1. The Morgan fingerprint density at radius 3 is 2.50 bits per heavy atom. The van der Waals surface area contributed by atoms with Crippen LogP contribution in [0, 0.1) is 0 Å². The van der Waals surface area contributed by atoms with Gasteiger partial charge < -0.3 is 9.80 Å². The van der Waals surface area contributed by atoms with Crippen LogP contribution in [0.25, 0.3) is 10.3 Å². The first-order chi connectivity index (χ1) is 13.6. The number of amides is 1. The fourth-order valence-electron chi connectivity index (χ4n) is 3.20. The zero-order chi connectivity index (χ0) is 19.5. The molecule has 4 rings (SSSR count). The predicted molar refractivity (Wildman–Crippen MR) is 111 cm³/mol. The highest BCUT2D eigenvalue weighted by Crippen LogP contribution is 2.27. The Balaban J connectivity index is 1.29. The minimum absolute atomic E-state index is 0.0212. The van der Waals surface area contributed by atoms with Gasteiger partial charge in [-0.05, 0) is 36.4 Å². The summed E-state index contributed by atoms with van der Waals surface area (Å²) in [6.45, 7) is 2.74. The molecule has 0 atom stereocenters. The molecule has 144 valence electrons. The number of benzene rings is 1. The average molecular weight is 415 g/mol. The van der Waals surface area contributed by atoms with Crippen LogP contribution in [0.15, 0.2) is 42.6 Å². The van der Waals surface area contributed by atoms with Crippen molar-refractivity contribution in [2.45, 2.75) is 12.8 Å². The van der Waals surface area contributed by atoms with Crippen molar-refractivity contribution in [1.29, 1.82) is 0 Å². The molecule has 0 spiro atoms. The number of ketones is 1. The van der Waals surface area contributed by atoms with Gasteiger partial charge in [-0.1, -0.05) is 22.9 Å². The van der Waals surface area contributed by atoms with Crippen molar-refractivity contribution in [3.63, 3.8) is 0 Å². The molecule has 0 N–H and O–H groups in total. The van der Waals surface area contributed by atoms with Gasteiger partial charge in [-0.3, -0.25) is 9.59 Å². The van der Waals surface area contributed by atoms with E-state index in [0.29, 0.717) is 23.7 Å². The molecule has 3 aromatic rings. The highest BCUT2D eigenvalue weighted by molar-refractivity contribution is 7.21. The SMILES string of the molecule is O=C(CCC(=O)N1CCN(c2nc3cccnc3s2)CC1)c1ccc(Cl)cc1. The third-order valence-corrected chi connectivity index (χ3v) is 6.08. The van der Waals surface area contributed by atoms with Gasteiger partial charge in [-0.15, -0.1) is 0 Å². The number of piperazine rings is 1. The Bertz CT molecular complexity index is 964. The summed E-state index contributed by atoms with van der Waals surface area (Å²) in [5.74, 6) is -0.0152. The van der Waals surface area contributed by atoms with E-state index in [2.05, 4.69) is 14.9 Å². The summed E-state index contributed by atoms with van der Waals surface area (Å²) < 4.78 is 0. The molecule has 28 heavy (non-hydrogen) atoms. The molecule has 1 aliphatic rings. The van der Waals surface area contributed by atoms with Crippen LogP contribution in [0.3, 0.4) is 0 Å². The first kappa shape index (κ1) is 18.8. The van der Waals surface area contributed by atoms with Gasteiger partial charge in [0.2, 0.25) is 5.91 Å². The third kappa shape index (κ3) is 4.15. The Morgan fingerprint density at radius 1 is 1.04 bits per heavy atom. The van der Waals surface area contributed by atoms with E-state index in [4.69, 9.17) is 11.6 Å². The number of hydrogen-bond acceptors (Lipinski definition) is 6. The molecule has 2 aromatic heterocycles. The summed E-state index contributed by atoms with van der Waals surface area (Å²) in [4.78, 5) is 38.6. The lowest BCUT2D eigenvalue weighted by Gasteiger charge is -2.34. The van der Waals surface area contributed by atoms with Crippen molar-refractivity contribution in [3.05, 3.63) is 53.2 Å². The topological polar surface area (TPSA) is 66.4 Å². The molecule has 1 saturated heterocycles. The van der Waals surface area contributed by atoms with Crippen LogP contribution in [-0.2, 0) is 4.79 Å². The second-order valence-electron chi connectivity index (χ2n) is 6.62. The van der Waals surface area contributed by atoms with Gasteiger partial charge in [0, 0.05) is 55.8 Å². The van der Waals surface area contributed by atoms with E-state index in [-0.39, 0.29) is 24.5 Å². The lowest BCUT2D eigenvalue weighted by Crippen LogP contribution is -2.48. The standard InChI is InChI=1S/C20H19ClN4O2S/c21-15-5-3-14(4-6-15)17(26)7-8-18(27)24-10-12-25(13-11-24)20-23-16-2-1-9-22-19(16)28-20/h1-6,9H,7-8,10-13H2. The number of carbonyl (C=O) groups excluding carboxylic acids is 2. The largest absolute Gasteiger partial charge is 0.344 e. The fourth-order valence-corrected chi connectivity index (χ4v) is 4.29. The molecule has 0 bridgehead atoms. The van der Waals surface area contributed by atoms with E-state index in [1.165, 1.54) is 0 Å². The maximum absolute atomic E-state index is 12.5. The number of aromatic nitrogens is 2. The summed E-state index contributed by atoms with van der Waals surface area (Å²) in [6.07, 6.45) is 2.21. The van der Waals surface area contributed by atoms with E-state index in [1.807, 2.05) is 17.0 Å². The number of rotatable bonds is 5. The van der Waals surface area contributed by atoms with Crippen LogP contribution in [0.5, 0.6) is 0 Å². The van der Waals surface area contributed by atoms with Crippen LogP contribution in [0.1, 0.15) is 23.2 Å². The van der Waals surface area contributed by atoms with Crippen molar-refractivity contribution >= 4 is 50.1 Å². The summed E-state index contributed by atoms with van der Waals surface area (Å²) in [5, 5.41) is 1.54. The van der Waals surface area contributed by atoms with E-state index in [9.17, 15) is 9.59 Å². The molecular weight excluding hydrogens is 396 g/mol. The zero-order valence-corrected chi connectivity index (χ0v) is 16.7. The number of hydrogen-bond donors (Lipinski definition) is 0. The molecule has 1 amide bonds. The molecule has 6 nitrogen and oxygen atoms in total. The van der Waals surface area contributed by atoms with Crippen LogP contribution in [0.2, 0.25) is 5.02 Å². The van der Waals surface area contributed by atoms with Gasteiger partial charge in [0.1, 0.15) is 10.3 Å². The van der Waals surface area contributed by atoms with Gasteiger partial charge in [-0.2, -0.15) is 0 Å². The van der Waals surface area contributed by atoms with Gasteiger partial charge in [0.15, 0.2) is 10.9 Å². The van der Waals surface area contributed by atoms with Crippen LogP contribution < -0.4 is 4.90 Å². The third-order valence-electron chi connectivity index (χ3n) is 4.79. The quantitative estimate of drug-likeness (QED) is 0.596. The normalized spacial score (nSPS) is 14.5. The lowest BCUT2D eigenvalue weighted by atomic mass is 10.1. The maximum atomic E-state index is 12.5. The first-order valence-corrected chi connectivity index (χ1v) is 10.3. The Kier molecular flexibility index (Phi) is 5.54. The van der Waals surface area contributed by atoms with Crippen LogP contribution >= 0.6 is 22.9 Å². The smallest absolute Gasteiger partial charge is 0.223 e. The lowest BCUT2D eigenvalue weighted by molar-refractivity contribution is -0.131. The molecule has 8 heteroatoms. The highest BCUT2D eigenvalue weighted by atomic mass is 35.5. The number of halogens is 1. The number of fused-ring (bicyclic) bond motifs is 1. The van der Waals surface area contributed by atoms with Crippen molar-refractivity contribution in [2.24, 2.45) is 0 Å². The summed E-state index contributed by atoms with van der Waals surface area (Å²) in [5.41, 5.74) is 1.49. The van der Waals surface area contributed by atoms with Crippen molar-refractivity contribution in [2.75, 3.05) is 31.1 Å². The average Bonchev–Trinajstić information content (AvgIpc) is 3.16. The molecule has 0 aliphatic carbocycles. The molecule has 0 radical (unpaired) electrons. The van der Waals surface area contributed by atoms with E-state index < -0.39 is 0 Å². The van der Waals surface area contributed by atoms with Gasteiger partial charge in [-0.25, -0.2) is 9.97 Å². The Morgan fingerprint density at radius 2 is 1.79 bits per heavy atom. The summed E-state index contributed by atoms with van der Waals surface area (Å²) in [7, 11) is 0. The van der Waals surface area contributed by atoms with E-state index in [0.717, 1.165) is 28.6 Å². The van der Waals surface area contributed by atoms with E-state index in [1.54, 1.807) is 41.8 Å². The first-order valence-electron chi connectivity index (χ1n) is 9.13. The van der Waals surface area contributed by atoms with Crippen molar-refractivity contribution < 1.29 is 9.59 Å². The van der Waals surface area contributed by atoms with E-state index >= 15 is 0 Å². The Hall–Kier alpha value is -2.51. The number of anilines is 1. The van der Waals surface area contributed by atoms with Gasteiger partial charge >= 0.3 is 0 Å². The second-order valence-corrected chi connectivity index (χ2v) is 8.01. The van der Waals surface area contributed by atoms with Gasteiger partial charge in [0.25, 0.3) is 0 Å². The van der Waals surface area contributed by atoms with Crippen molar-refractivity contribution in [3.8, 4) is 0 Å². The molecule has 1 fully saturated rings. The van der Waals surface area contributed by atoms with Gasteiger partial charge in [0.05, 0.1) is 0 Å². The predicted octanol–water partition coefficient (Wildman–Crippen LogP) is 3.66. The highest BCUT2D eigenvalue weighted by Gasteiger charge is 2.23. The second kappa shape index (κ2) is 8.24. The molecule has 1 aliphatic heterocycles. The minimum Gasteiger partial charge on any atom is -0.344 e. The summed E-state index contributed by atoms with van der Waals surface area (Å²) in [6, 6.07) is 10.6. The number of Topliss-reactive ketones (excluding diaryl/α,β-unsaturated/α-hetero) is 1. The zero-order valence-electron chi connectivity index (χ0n) is 15.2. The molecular formula is C20H19ClN4O2S. The number of nitrogens with zero attached hydrogens (tertiary/aromatic N) is 4.